The Balaban J connectivity index is 1.27. The van der Waals surface area contributed by atoms with Crippen molar-refractivity contribution in [3.63, 3.8) is 0 Å². The third kappa shape index (κ3) is 5.34. The van der Waals surface area contributed by atoms with Gasteiger partial charge in [-0.1, -0.05) is 11.6 Å². The van der Waals surface area contributed by atoms with Crippen molar-refractivity contribution in [1.82, 2.24) is 15.3 Å². The highest BCUT2D eigenvalue weighted by molar-refractivity contribution is 5.92. The summed E-state index contributed by atoms with van der Waals surface area (Å²) in [6.07, 6.45) is 13.8. The van der Waals surface area contributed by atoms with Crippen molar-refractivity contribution >= 4 is 23.1 Å². The summed E-state index contributed by atoms with van der Waals surface area (Å²) in [6, 6.07) is 8.36. The summed E-state index contributed by atoms with van der Waals surface area (Å²) in [5, 5.41) is 6.18. The molecule has 2 aromatic rings. The molecule has 0 unspecified atom stereocenters. The number of hydrogen-bond acceptors (Lipinski definition) is 5. The molecule has 6 heteroatoms. The maximum Gasteiger partial charge on any atom is 0.271 e. The van der Waals surface area contributed by atoms with Crippen LogP contribution in [-0.4, -0.2) is 35.5 Å². The number of carbonyl (C=O) groups is 1. The van der Waals surface area contributed by atoms with Crippen LogP contribution in [0.1, 0.15) is 55.4 Å². The normalized spacial score (nSPS) is 16.4. The van der Waals surface area contributed by atoms with Gasteiger partial charge in [-0.15, -0.1) is 0 Å². The molecule has 2 heterocycles. The number of anilines is 3. The van der Waals surface area contributed by atoms with E-state index >= 15 is 0 Å². The first kappa shape index (κ1) is 19.4. The van der Waals surface area contributed by atoms with Crippen LogP contribution in [0.4, 0.5) is 17.2 Å². The van der Waals surface area contributed by atoms with Crippen LogP contribution in [0.3, 0.4) is 0 Å². The lowest BCUT2D eigenvalue weighted by atomic mass is 9.97. The van der Waals surface area contributed by atoms with Crippen molar-refractivity contribution in [1.29, 1.82) is 0 Å². The third-order valence-electron chi connectivity index (χ3n) is 5.61. The number of allylic oxidation sites excluding steroid dienone is 1. The fourth-order valence-corrected chi connectivity index (χ4v) is 3.95. The lowest BCUT2D eigenvalue weighted by molar-refractivity contribution is 0.0948. The van der Waals surface area contributed by atoms with Gasteiger partial charge in [0.05, 0.1) is 12.4 Å². The largest absolute Gasteiger partial charge is 0.372 e. The Morgan fingerprint density at radius 1 is 1.00 bits per heavy atom. The topological polar surface area (TPSA) is 70.2 Å². The quantitative estimate of drug-likeness (QED) is 0.683. The molecule has 1 aromatic carbocycles. The number of aromatic nitrogens is 2. The number of hydrogen-bond donors (Lipinski definition) is 2. The smallest absolute Gasteiger partial charge is 0.271 e. The number of amides is 1. The second-order valence-corrected chi connectivity index (χ2v) is 7.77. The van der Waals surface area contributed by atoms with E-state index in [1.165, 1.54) is 49.6 Å². The Bertz CT molecular complexity index is 839. The summed E-state index contributed by atoms with van der Waals surface area (Å²) in [4.78, 5) is 23.3. The van der Waals surface area contributed by atoms with Gasteiger partial charge in [-0.05, 0) is 69.2 Å². The number of nitrogens with zero attached hydrogens (tertiary/aromatic N) is 3. The molecule has 2 N–H and O–H groups in total. The fourth-order valence-electron chi connectivity index (χ4n) is 3.95. The number of rotatable bonds is 7. The summed E-state index contributed by atoms with van der Waals surface area (Å²) in [5.74, 6) is 0.457. The molecule has 1 amide bonds. The predicted octanol–water partition coefficient (Wildman–Crippen LogP) is 4.44. The summed E-state index contributed by atoms with van der Waals surface area (Å²) in [5.41, 5.74) is 4.02. The molecule has 0 atom stereocenters. The Kier molecular flexibility index (Phi) is 6.39. The third-order valence-corrected chi connectivity index (χ3v) is 5.61. The first-order valence-corrected chi connectivity index (χ1v) is 10.7. The second-order valence-electron chi connectivity index (χ2n) is 7.77. The SMILES string of the molecule is O=C(NCCC1=CCCCC1)c1cnc(Nc2ccc(N3CCCC3)cc2)cn1. The van der Waals surface area contributed by atoms with Crippen molar-refractivity contribution < 1.29 is 4.79 Å². The number of nitrogens with one attached hydrogen (secondary N) is 2. The Morgan fingerprint density at radius 3 is 2.52 bits per heavy atom. The lowest BCUT2D eigenvalue weighted by Gasteiger charge is -2.17. The molecule has 6 nitrogen and oxygen atoms in total. The van der Waals surface area contributed by atoms with Crippen molar-refractivity contribution in [2.24, 2.45) is 0 Å². The first-order valence-electron chi connectivity index (χ1n) is 10.7. The molecule has 0 bridgehead atoms. The minimum atomic E-state index is -0.171. The molecular formula is C23H29N5O. The van der Waals surface area contributed by atoms with Crippen LogP contribution in [-0.2, 0) is 0 Å². The maximum absolute atomic E-state index is 12.3. The molecule has 1 aromatic heterocycles. The summed E-state index contributed by atoms with van der Waals surface area (Å²) >= 11 is 0. The monoisotopic (exact) mass is 391 g/mol. The molecule has 1 aliphatic heterocycles. The Labute approximate surface area is 172 Å². The molecule has 29 heavy (non-hydrogen) atoms. The molecule has 0 saturated carbocycles. The summed E-state index contributed by atoms with van der Waals surface area (Å²) in [7, 11) is 0. The van der Waals surface area contributed by atoms with Gasteiger partial charge in [0.25, 0.3) is 5.91 Å². The summed E-state index contributed by atoms with van der Waals surface area (Å²) < 4.78 is 0. The van der Waals surface area contributed by atoms with Gasteiger partial charge in [0, 0.05) is 31.0 Å². The molecule has 4 rings (SSSR count). The molecule has 1 saturated heterocycles. The van der Waals surface area contributed by atoms with Gasteiger partial charge in [-0.2, -0.15) is 0 Å². The minimum Gasteiger partial charge on any atom is -0.372 e. The molecule has 1 fully saturated rings. The van der Waals surface area contributed by atoms with E-state index in [0.717, 1.165) is 31.6 Å². The highest BCUT2D eigenvalue weighted by atomic mass is 16.1. The van der Waals surface area contributed by atoms with Gasteiger partial charge >= 0.3 is 0 Å². The van der Waals surface area contributed by atoms with Crippen LogP contribution < -0.4 is 15.5 Å². The predicted molar refractivity (Wildman–Crippen MR) is 117 cm³/mol. The van der Waals surface area contributed by atoms with Gasteiger partial charge in [-0.25, -0.2) is 9.97 Å². The van der Waals surface area contributed by atoms with Crippen LogP contribution in [0.2, 0.25) is 0 Å². The van der Waals surface area contributed by atoms with E-state index in [-0.39, 0.29) is 5.91 Å². The van der Waals surface area contributed by atoms with Crippen LogP contribution in [0, 0.1) is 0 Å². The standard InChI is InChI=1S/C23H29N5O/c29-23(24-13-12-18-6-2-1-3-7-18)21-16-26-22(17-25-21)27-19-8-10-20(11-9-19)28-14-4-5-15-28/h6,8-11,16-17H,1-5,7,12-15H2,(H,24,29)(H,26,27). The molecule has 2 aliphatic rings. The van der Waals surface area contributed by atoms with Crippen LogP contribution in [0.5, 0.6) is 0 Å². The van der Waals surface area contributed by atoms with Gasteiger partial charge in [0.2, 0.25) is 0 Å². The number of benzene rings is 1. The zero-order chi connectivity index (χ0) is 19.9. The van der Waals surface area contributed by atoms with E-state index in [4.69, 9.17) is 0 Å². The van der Waals surface area contributed by atoms with E-state index in [1.807, 2.05) is 0 Å². The van der Waals surface area contributed by atoms with E-state index in [0.29, 0.717) is 18.1 Å². The van der Waals surface area contributed by atoms with Crippen LogP contribution in [0.15, 0.2) is 48.3 Å². The zero-order valence-electron chi connectivity index (χ0n) is 16.9. The van der Waals surface area contributed by atoms with Crippen LogP contribution in [0.25, 0.3) is 0 Å². The second kappa shape index (κ2) is 9.54. The highest BCUT2D eigenvalue weighted by Crippen LogP contribution is 2.23. The van der Waals surface area contributed by atoms with Gasteiger partial charge < -0.3 is 15.5 Å². The van der Waals surface area contributed by atoms with E-state index < -0.39 is 0 Å². The molecule has 1 aliphatic carbocycles. The summed E-state index contributed by atoms with van der Waals surface area (Å²) in [6.45, 7) is 2.93. The Morgan fingerprint density at radius 2 is 1.83 bits per heavy atom. The highest BCUT2D eigenvalue weighted by Gasteiger charge is 2.12. The van der Waals surface area contributed by atoms with Gasteiger partial charge in [0.1, 0.15) is 11.5 Å². The minimum absolute atomic E-state index is 0.171. The Hall–Kier alpha value is -2.89. The zero-order valence-corrected chi connectivity index (χ0v) is 16.9. The van der Waals surface area contributed by atoms with Gasteiger partial charge in [0.15, 0.2) is 0 Å². The van der Waals surface area contributed by atoms with Crippen molar-refractivity contribution in [3.8, 4) is 0 Å². The van der Waals surface area contributed by atoms with E-state index in [2.05, 4.69) is 55.8 Å². The lowest BCUT2D eigenvalue weighted by Crippen LogP contribution is -2.26. The first-order chi connectivity index (χ1) is 14.3. The molecule has 0 radical (unpaired) electrons. The van der Waals surface area contributed by atoms with Gasteiger partial charge in [-0.3, -0.25) is 4.79 Å². The van der Waals surface area contributed by atoms with Crippen molar-refractivity contribution in [2.75, 3.05) is 29.9 Å². The van der Waals surface area contributed by atoms with Crippen molar-refractivity contribution in [3.05, 3.63) is 54.0 Å². The number of carbonyl (C=O) groups excluding carboxylic acids is 1. The van der Waals surface area contributed by atoms with Crippen molar-refractivity contribution in [2.45, 2.75) is 44.9 Å². The fraction of sp³-hybridized carbons (Fsp3) is 0.435. The average molecular weight is 392 g/mol. The van der Waals surface area contributed by atoms with Crippen LogP contribution >= 0.6 is 0 Å². The van der Waals surface area contributed by atoms with E-state index in [1.54, 1.807) is 6.20 Å². The molecule has 0 spiro atoms. The maximum atomic E-state index is 12.3. The molecule has 152 valence electrons. The molecular weight excluding hydrogens is 362 g/mol. The average Bonchev–Trinajstić information content (AvgIpc) is 3.30. The van der Waals surface area contributed by atoms with E-state index in [9.17, 15) is 4.79 Å².